The van der Waals surface area contributed by atoms with Gasteiger partial charge in [0.2, 0.25) is 0 Å². The Hall–Kier alpha value is -1.20. The van der Waals surface area contributed by atoms with Gasteiger partial charge in [-0.15, -0.1) is 13.2 Å². The van der Waals surface area contributed by atoms with Crippen molar-refractivity contribution in [3.05, 3.63) is 17.5 Å². The third-order valence-corrected chi connectivity index (χ3v) is 3.26. The van der Waals surface area contributed by atoms with Crippen molar-refractivity contribution in [1.82, 2.24) is 4.98 Å². The Bertz CT molecular complexity index is 605. The largest absolute Gasteiger partial charge is 0.573 e. The summed E-state index contributed by atoms with van der Waals surface area (Å²) in [7, 11) is -0.0850. The van der Waals surface area contributed by atoms with E-state index in [4.69, 9.17) is 16.4 Å². The van der Waals surface area contributed by atoms with Crippen LogP contribution < -0.4 is 10.5 Å². The van der Waals surface area contributed by atoms with Gasteiger partial charge < -0.3 is 10.5 Å². The van der Waals surface area contributed by atoms with E-state index < -0.39 is 50.4 Å². The summed E-state index contributed by atoms with van der Waals surface area (Å²) in [6.45, 7) is -0.503. The highest BCUT2D eigenvalue weighted by molar-refractivity contribution is 8.13. The lowest BCUT2D eigenvalue weighted by molar-refractivity contribution is -0.275. The quantitative estimate of drug-likeness (QED) is 0.672. The Labute approximate surface area is 113 Å². The molecule has 5 nitrogen and oxygen atoms in total. The second-order valence-electron chi connectivity index (χ2n) is 3.32. The van der Waals surface area contributed by atoms with Crippen LogP contribution in [0.3, 0.4) is 0 Å². The Kier molecular flexibility index (Phi) is 4.77. The smallest absolute Gasteiger partial charge is 0.404 e. The molecule has 0 bridgehead atoms. The van der Waals surface area contributed by atoms with Crippen LogP contribution in [0.4, 0.5) is 22.0 Å². The summed E-state index contributed by atoms with van der Waals surface area (Å²) >= 11 is 0. The van der Waals surface area contributed by atoms with Gasteiger partial charge in [0.15, 0.2) is 10.6 Å². The van der Waals surface area contributed by atoms with E-state index in [9.17, 15) is 30.4 Å². The normalized spacial score (nSPS) is 12.8. The lowest BCUT2D eigenvalue weighted by Gasteiger charge is -2.15. The summed E-state index contributed by atoms with van der Waals surface area (Å²) in [5.74, 6) is -1.40. The number of hydrogen-bond acceptors (Lipinski definition) is 5. The molecule has 0 radical (unpaired) electrons. The van der Waals surface area contributed by atoms with Gasteiger partial charge in [0.1, 0.15) is 5.69 Å². The number of rotatable bonds is 4. The van der Waals surface area contributed by atoms with E-state index in [2.05, 4.69) is 9.72 Å². The summed E-state index contributed by atoms with van der Waals surface area (Å²) in [6, 6.07) is 0.481. The Morgan fingerprint density at radius 3 is 2.30 bits per heavy atom. The van der Waals surface area contributed by atoms with Gasteiger partial charge in [-0.25, -0.2) is 22.2 Å². The minimum Gasteiger partial charge on any atom is -0.404 e. The highest BCUT2D eigenvalue weighted by Gasteiger charge is 2.37. The van der Waals surface area contributed by atoms with Crippen LogP contribution >= 0.6 is 10.7 Å². The first-order valence-corrected chi connectivity index (χ1v) is 6.99. The minimum absolute atomic E-state index is 0.413. The zero-order valence-electron chi connectivity index (χ0n) is 9.29. The van der Waals surface area contributed by atoms with Crippen molar-refractivity contribution < 1.29 is 35.1 Å². The average molecular weight is 341 g/mol. The van der Waals surface area contributed by atoms with E-state index >= 15 is 0 Å². The monoisotopic (exact) mass is 340 g/mol. The van der Waals surface area contributed by atoms with Crippen LogP contribution in [-0.4, -0.2) is 19.8 Å². The average Bonchev–Trinajstić information content (AvgIpc) is 2.23. The maximum atomic E-state index is 12.7. The van der Waals surface area contributed by atoms with Crippen LogP contribution in [0.25, 0.3) is 0 Å². The molecule has 1 heterocycles. The van der Waals surface area contributed by atoms with Crippen molar-refractivity contribution in [2.24, 2.45) is 5.73 Å². The molecule has 12 heteroatoms. The molecule has 0 aliphatic rings. The Morgan fingerprint density at radius 2 is 1.95 bits per heavy atom. The molecule has 1 rings (SSSR count). The van der Waals surface area contributed by atoms with E-state index in [1.807, 2.05) is 0 Å². The van der Waals surface area contributed by atoms with E-state index in [0.717, 1.165) is 0 Å². The molecular weight excluding hydrogens is 335 g/mol. The van der Waals surface area contributed by atoms with Crippen molar-refractivity contribution >= 4 is 19.7 Å². The van der Waals surface area contributed by atoms with E-state index in [1.54, 1.807) is 0 Å². The number of halogens is 6. The van der Waals surface area contributed by atoms with Crippen molar-refractivity contribution in [3.63, 3.8) is 0 Å². The fourth-order valence-electron chi connectivity index (χ4n) is 1.28. The molecule has 0 aliphatic carbocycles. The number of nitrogens with two attached hydrogens (primary N) is 1. The molecule has 0 aliphatic heterocycles. The predicted molar refractivity (Wildman–Crippen MR) is 56.8 cm³/mol. The lowest BCUT2D eigenvalue weighted by atomic mass is 10.2. The highest BCUT2D eigenvalue weighted by atomic mass is 35.7. The zero-order valence-corrected chi connectivity index (χ0v) is 10.9. The third kappa shape index (κ3) is 4.15. The molecule has 0 spiro atoms. The van der Waals surface area contributed by atoms with E-state index in [1.165, 1.54) is 0 Å². The molecule has 0 saturated heterocycles. The molecule has 1 aromatic rings. The zero-order chi connectivity index (χ0) is 15.7. The van der Waals surface area contributed by atoms with Gasteiger partial charge in [0, 0.05) is 23.3 Å². The van der Waals surface area contributed by atoms with Crippen LogP contribution in [0.15, 0.2) is 11.0 Å². The molecule has 2 N–H and O–H groups in total. The molecular formula is C8H6ClF5N2O3S. The summed E-state index contributed by atoms with van der Waals surface area (Å²) < 4.78 is 87.7. The molecule has 114 valence electrons. The summed E-state index contributed by atoms with van der Waals surface area (Å²) in [4.78, 5) is 1.62. The van der Waals surface area contributed by atoms with Gasteiger partial charge in [-0.05, 0) is 0 Å². The topological polar surface area (TPSA) is 82.3 Å². The van der Waals surface area contributed by atoms with E-state index in [0.29, 0.717) is 6.07 Å². The molecule has 0 aromatic carbocycles. The number of nitrogens with zero attached hydrogens (tertiary/aromatic N) is 1. The van der Waals surface area contributed by atoms with Crippen LogP contribution in [0.5, 0.6) is 5.75 Å². The first-order valence-electron chi connectivity index (χ1n) is 4.68. The van der Waals surface area contributed by atoms with Gasteiger partial charge in [-0.3, -0.25) is 0 Å². The number of ether oxygens (including phenoxy) is 1. The fraction of sp³-hybridized carbons (Fsp3) is 0.375. The van der Waals surface area contributed by atoms with Gasteiger partial charge in [0.25, 0.3) is 15.5 Å². The maximum absolute atomic E-state index is 12.7. The standard InChI is InChI=1S/C8H6ClF5N2O3S/c9-20(17,18)6-4(19-8(12,13)14)1-3(2-15)16-5(6)7(10)11/h1,7H,2,15H2. The van der Waals surface area contributed by atoms with Gasteiger partial charge in [0.05, 0.1) is 5.69 Å². The van der Waals surface area contributed by atoms with E-state index in [-0.39, 0.29) is 0 Å². The summed E-state index contributed by atoms with van der Waals surface area (Å²) in [5, 5.41) is 0. The van der Waals surface area contributed by atoms with Crippen molar-refractivity contribution in [1.29, 1.82) is 0 Å². The van der Waals surface area contributed by atoms with Gasteiger partial charge in [-0.1, -0.05) is 0 Å². The first-order chi connectivity index (χ1) is 8.95. The van der Waals surface area contributed by atoms with Crippen molar-refractivity contribution in [3.8, 4) is 5.75 Å². The molecule has 0 unspecified atom stereocenters. The van der Waals surface area contributed by atoms with Gasteiger partial charge in [-0.2, -0.15) is 0 Å². The Balaban J connectivity index is 3.65. The Morgan fingerprint density at radius 1 is 1.40 bits per heavy atom. The predicted octanol–water partition coefficient (Wildman–Crippen LogP) is 2.30. The van der Waals surface area contributed by atoms with Crippen molar-refractivity contribution in [2.45, 2.75) is 24.2 Å². The SMILES string of the molecule is NCc1cc(OC(F)(F)F)c(S(=O)(=O)Cl)c(C(F)F)n1. The molecule has 0 atom stereocenters. The number of hydrogen-bond donors (Lipinski definition) is 1. The lowest BCUT2D eigenvalue weighted by Crippen LogP contribution is -2.20. The van der Waals surface area contributed by atoms with Crippen LogP contribution in [0.1, 0.15) is 17.8 Å². The maximum Gasteiger partial charge on any atom is 0.573 e. The van der Waals surface area contributed by atoms with Crippen LogP contribution in [0.2, 0.25) is 0 Å². The minimum atomic E-state index is -5.30. The number of aromatic nitrogens is 1. The molecule has 0 saturated carbocycles. The second-order valence-corrected chi connectivity index (χ2v) is 5.82. The summed E-state index contributed by atoms with van der Waals surface area (Å²) in [5.41, 5.74) is 3.21. The fourth-order valence-corrected chi connectivity index (χ4v) is 2.47. The van der Waals surface area contributed by atoms with Crippen molar-refractivity contribution in [2.75, 3.05) is 0 Å². The number of alkyl halides is 5. The summed E-state index contributed by atoms with van der Waals surface area (Å²) in [6.07, 6.45) is -8.79. The molecule has 0 amide bonds. The first kappa shape index (κ1) is 16.9. The number of pyridine rings is 1. The second kappa shape index (κ2) is 5.66. The molecule has 1 aromatic heterocycles. The van der Waals surface area contributed by atoms with Crippen LogP contribution in [0, 0.1) is 0 Å². The molecule has 20 heavy (non-hydrogen) atoms. The molecule has 0 fully saturated rings. The highest BCUT2D eigenvalue weighted by Crippen LogP contribution is 2.37. The van der Waals surface area contributed by atoms with Crippen LogP contribution in [-0.2, 0) is 15.6 Å². The third-order valence-electron chi connectivity index (χ3n) is 1.90. The van der Waals surface area contributed by atoms with Gasteiger partial charge >= 0.3 is 6.36 Å².